The standard InChI is InChI=1S/C19H33N5O/c1-20-19(22-13-14-25-17-10-6-4-5-7-11-17)23-15-16-9-8-12-21-18(16)24(2)3/h8-9,12,17H,4-7,10-11,13-15H2,1-3H3,(H2,20,22,23). The molecule has 0 atom stereocenters. The maximum atomic E-state index is 6.01. The molecule has 6 heteroatoms. The Morgan fingerprint density at radius 2 is 2.00 bits per heavy atom. The van der Waals surface area contributed by atoms with E-state index in [2.05, 4.69) is 26.7 Å². The number of rotatable bonds is 7. The van der Waals surface area contributed by atoms with E-state index in [9.17, 15) is 0 Å². The van der Waals surface area contributed by atoms with Gasteiger partial charge in [-0.25, -0.2) is 4.98 Å². The maximum absolute atomic E-state index is 6.01. The average Bonchev–Trinajstić information content (AvgIpc) is 2.90. The van der Waals surface area contributed by atoms with Crippen LogP contribution in [0.5, 0.6) is 0 Å². The molecule has 1 fully saturated rings. The molecule has 140 valence electrons. The number of pyridine rings is 1. The maximum Gasteiger partial charge on any atom is 0.191 e. The molecule has 1 aliphatic rings. The van der Waals surface area contributed by atoms with Crippen molar-refractivity contribution in [1.82, 2.24) is 15.6 Å². The number of guanidine groups is 1. The number of anilines is 1. The second kappa shape index (κ2) is 10.9. The summed E-state index contributed by atoms with van der Waals surface area (Å²) in [4.78, 5) is 10.7. The quantitative estimate of drug-likeness (QED) is 0.343. The summed E-state index contributed by atoms with van der Waals surface area (Å²) in [6, 6.07) is 4.04. The first-order chi connectivity index (χ1) is 12.2. The Morgan fingerprint density at radius 3 is 2.68 bits per heavy atom. The second-order valence-corrected chi connectivity index (χ2v) is 6.72. The Bertz CT molecular complexity index is 524. The summed E-state index contributed by atoms with van der Waals surface area (Å²) in [5.41, 5.74) is 1.14. The van der Waals surface area contributed by atoms with Gasteiger partial charge in [-0.2, -0.15) is 0 Å². The fourth-order valence-corrected chi connectivity index (χ4v) is 3.17. The van der Waals surface area contributed by atoms with Gasteiger partial charge in [0.25, 0.3) is 0 Å². The van der Waals surface area contributed by atoms with E-state index in [1.165, 1.54) is 38.5 Å². The van der Waals surface area contributed by atoms with Crippen LogP contribution in [0.15, 0.2) is 23.3 Å². The molecule has 1 saturated carbocycles. The lowest BCUT2D eigenvalue weighted by atomic mass is 10.1. The minimum atomic E-state index is 0.442. The molecule has 2 rings (SSSR count). The van der Waals surface area contributed by atoms with Crippen LogP contribution in [0.2, 0.25) is 0 Å². The number of hydrogen-bond donors (Lipinski definition) is 2. The second-order valence-electron chi connectivity index (χ2n) is 6.72. The largest absolute Gasteiger partial charge is 0.376 e. The van der Waals surface area contributed by atoms with E-state index in [0.29, 0.717) is 12.6 Å². The van der Waals surface area contributed by atoms with Crippen LogP contribution in [0.25, 0.3) is 0 Å². The molecule has 0 radical (unpaired) electrons. The van der Waals surface area contributed by atoms with Gasteiger partial charge >= 0.3 is 0 Å². The zero-order chi connectivity index (χ0) is 17.9. The summed E-state index contributed by atoms with van der Waals surface area (Å²) in [6.45, 7) is 2.18. The number of nitrogens with one attached hydrogen (secondary N) is 2. The monoisotopic (exact) mass is 347 g/mol. The van der Waals surface area contributed by atoms with Crippen LogP contribution in [0, 0.1) is 0 Å². The molecular formula is C19H33N5O. The number of hydrogen-bond acceptors (Lipinski definition) is 4. The third kappa shape index (κ3) is 6.90. The van der Waals surface area contributed by atoms with E-state index in [1.54, 1.807) is 7.05 Å². The van der Waals surface area contributed by atoms with E-state index in [4.69, 9.17) is 4.74 Å². The van der Waals surface area contributed by atoms with Crippen molar-refractivity contribution in [1.29, 1.82) is 0 Å². The van der Waals surface area contributed by atoms with E-state index < -0.39 is 0 Å². The van der Waals surface area contributed by atoms with Crippen molar-refractivity contribution in [2.75, 3.05) is 39.2 Å². The van der Waals surface area contributed by atoms with Gasteiger partial charge in [0.05, 0.1) is 12.7 Å². The molecule has 1 aliphatic carbocycles. The lowest BCUT2D eigenvalue weighted by molar-refractivity contribution is 0.0468. The van der Waals surface area contributed by atoms with Gasteiger partial charge in [-0.1, -0.05) is 31.7 Å². The van der Waals surface area contributed by atoms with Crippen molar-refractivity contribution in [3.63, 3.8) is 0 Å². The van der Waals surface area contributed by atoms with Gasteiger partial charge in [-0.3, -0.25) is 4.99 Å². The Hall–Kier alpha value is -1.82. The summed E-state index contributed by atoms with van der Waals surface area (Å²) in [5.74, 6) is 1.76. The number of aromatic nitrogens is 1. The molecule has 0 unspecified atom stereocenters. The molecule has 0 aliphatic heterocycles. The molecule has 0 aromatic carbocycles. The predicted molar refractivity (Wildman–Crippen MR) is 104 cm³/mol. The summed E-state index contributed by atoms with van der Waals surface area (Å²) in [5, 5.41) is 6.67. The van der Waals surface area contributed by atoms with E-state index >= 15 is 0 Å². The lowest BCUT2D eigenvalue weighted by Gasteiger charge is -2.18. The highest BCUT2D eigenvalue weighted by molar-refractivity contribution is 5.79. The van der Waals surface area contributed by atoms with Gasteiger partial charge in [-0.05, 0) is 18.9 Å². The topological polar surface area (TPSA) is 61.8 Å². The molecule has 0 spiro atoms. The third-order valence-electron chi connectivity index (χ3n) is 4.51. The van der Waals surface area contributed by atoms with Crippen LogP contribution < -0.4 is 15.5 Å². The van der Waals surface area contributed by atoms with Crippen LogP contribution in [0.4, 0.5) is 5.82 Å². The zero-order valence-electron chi connectivity index (χ0n) is 15.9. The van der Waals surface area contributed by atoms with Gasteiger partial charge in [0.2, 0.25) is 0 Å². The summed E-state index contributed by atoms with van der Waals surface area (Å²) < 4.78 is 6.01. The van der Waals surface area contributed by atoms with Crippen molar-refractivity contribution in [2.45, 2.75) is 51.2 Å². The molecule has 2 N–H and O–H groups in total. The van der Waals surface area contributed by atoms with Crippen LogP contribution in [-0.2, 0) is 11.3 Å². The van der Waals surface area contributed by atoms with E-state index in [0.717, 1.165) is 30.5 Å². The van der Waals surface area contributed by atoms with Crippen LogP contribution >= 0.6 is 0 Å². The number of aliphatic imine (C=N–C) groups is 1. The van der Waals surface area contributed by atoms with Gasteiger partial charge in [-0.15, -0.1) is 0 Å². The van der Waals surface area contributed by atoms with Crippen LogP contribution in [0.1, 0.15) is 44.1 Å². The molecule has 1 aromatic heterocycles. The van der Waals surface area contributed by atoms with Crippen LogP contribution in [0.3, 0.4) is 0 Å². The Balaban J connectivity index is 1.70. The Morgan fingerprint density at radius 1 is 1.24 bits per heavy atom. The van der Waals surface area contributed by atoms with Crippen molar-refractivity contribution in [3.05, 3.63) is 23.9 Å². The number of ether oxygens (including phenoxy) is 1. The number of nitrogens with zero attached hydrogens (tertiary/aromatic N) is 3. The predicted octanol–water partition coefficient (Wildman–Crippen LogP) is 2.55. The molecule has 6 nitrogen and oxygen atoms in total. The van der Waals surface area contributed by atoms with Crippen molar-refractivity contribution in [3.8, 4) is 0 Å². The molecule has 1 aromatic rings. The highest BCUT2D eigenvalue weighted by Crippen LogP contribution is 2.19. The normalized spacial score (nSPS) is 16.4. The fourth-order valence-electron chi connectivity index (χ4n) is 3.17. The average molecular weight is 348 g/mol. The minimum absolute atomic E-state index is 0.442. The summed E-state index contributed by atoms with van der Waals surface area (Å²) in [6.07, 6.45) is 10.0. The third-order valence-corrected chi connectivity index (χ3v) is 4.51. The molecule has 25 heavy (non-hydrogen) atoms. The summed E-state index contributed by atoms with van der Waals surface area (Å²) in [7, 11) is 5.80. The van der Waals surface area contributed by atoms with Gasteiger partial charge in [0.15, 0.2) is 5.96 Å². The van der Waals surface area contributed by atoms with Crippen molar-refractivity contribution >= 4 is 11.8 Å². The Labute approximate surface area is 152 Å². The van der Waals surface area contributed by atoms with Crippen LogP contribution in [-0.4, -0.2) is 51.3 Å². The highest BCUT2D eigenvalue weighted by atomic mass is 16.5. The SMILES string of the molecule is CN=C(NCCOC1CCCCCC1)NCc1cccnc1N(C)C. The molecule has 0 saturated heterocycles. The summed E-state index contributed by atoms with van der Waals surface area (Å²) >= 11 is 0. The smallest absolute Gasteiger partial charge is 0.191 e. The first-order valence-corrected chi connectivity index (χ1v) is 9.38. The molecule has 0 amide bonds. The van der Waals surface area contributed by atoms with E-state index in [1.807, 2.05) is 31.3 Å². The first-order valence-electron chi connectivity index (χ1n) is 9.38. The highest BCUT2D eigenvalue weighted by Gasteiger charge is 2.12. The minimum Gasteiger partial charge on any atom is -0.376 e. The van der Waals surface area contributed by atoms with Crippen molar-refractivity contribution < 1.29 is 4.74 Å². The van der Waals surface area contributed by atoms with Gasteiger partial charge in [0, 0.05) is 46.0 Å². The fraction of sp³-hybridized carbons (Fsp3) is 0.684. The first kappa shape index (κ1) is 19.5. The van der Waals surface area contributed by atoms with Gasteiger partial charge in [0.1, 0.15) is 5.82 Å². The lowest BCUT2D eigenvalue weighted by Crippen LogP contribution is -2.39. The van der Waals surface area contributed by atoms with Crippen molar-refractivity contribution in [2.24, 2.45) is 4.99 Å². The van der Waals surface area contributed by atoms with Gasteiger partial charge < -0.3 is 20.3 Å². The molecule has 1 heterocycles. The Kier molecular flexibility index (Phi) is 8.52. The zero-order valence-corrected chi connectivity index (χ0v) is 15.9. The molecule has 0 bridgehead atoms. The molecular weight excluding hydrogens is 314 g/mol. The van der Waals surface area contributed by atoms with E-state index in [-0.39, 0.29) is 0 Å².